The normalized spacial score (nSPS) is 17.3. The van der Waals surface area contributed by atoms with Crippen LogP contribution in [0.2, 0.25) is 0 Å². The molecule has 0 N–H and O–H groups in total. The van der Waals surface area contributed by atoms with E-state index in [1.807, 2.05) is 53.4 Å². The van der Waals surface area contributed by atoms with Crippen molar-refractivity contribution >= 4 is 33.6 Å². The zero-order valence-corrected chi connectivity index (χ0v) is 15.3. The maximum atomic E-state index is 12.7. The van der Waals surface area contributed by atoms with Gasteiger partial charge in [0, 0.05) is 22.3 Å². The third-order valence-electron chi connectivity index (χ3n) is 3.87. The maximum Gasteiger partial charge on any atom is 0.228 e. The van der Waals surface area contributed by atoms with Gasteiger partial charge in [-0.2, -0.15) is 0 Å². The van der Waals surface area contributed by atoms with Crippen LogP contribution in [-0.4, -0.2) is 30.2 Å². The Kier molecular flexibility index (Phi) is 5.28. The molecule has 1 unspecified atom stereocenters. The lowest BCUT2D eigenvalue weighted by Crippen LogP contribution is -2.31. The number of rotatable bonds is 4. The van der Waals surface area contributed by atoms with E-state index < -0.39 is 0 Å². The number of benzene rings is 2. The minimum absolute atomic E-state index is 0.0127. The average Bonchev–Trinajstić information content (AvgIpc) is 3.05. The highest BCUT2D eigenvalue weighted by Crippen LogP contribution is 2.43. The molecule has 0 radical (unpaired) electrons. The summed E-state index contributed by atoms with van der Waals surface area (Å²) in [5.41, 5.74) is 2.10. The van der Waals surface area contributed by atoms with E-state index in [-0.39, 0.29) is 11.3 Å². The SMILES string of the molecule is COc1ccc(Br)cc1C1SCCN1C(=O)Cc1ccccc1. The summed E-state index contributed by atoms with van der Waals surface area (Å²) in [4.78, 5) is 14.7. The second kappa shape index (κ2) is 7.41. The Morgan fingerprint density at radius 3 is 2.83 bits per heavy atom. The summed E-state index contributed by atoms with van der Waals surface area (Å²) in [5, 5.41) is 0.0127. The van der Waals surface area contributed by atoms with Crippen molar-refractivity contribution in [2.45, 2.75) is 11.8 Å². The first-order valence-electron chi connectivity index (χ1n) is 7.47. The van der Waals surface area contributed by atoms with Gasteiger partial charge in [0.05, 0.1) is 13.5 Å². The third-order valence-corrected chi connectivity index (χ3v) is 5.60. The first kappa shape index (κ1) is 16.4. The van der Waals surface area contributed by atoms with Crippen LogP contribution >= 0.6 is 27.7 Å². The monoisotopic (exact) mass is 391 g/mol. The number of carbonyl (C=O) groups excluding carboxylic acids is 1. The number of halogens is 1. The van der Waals surface area contributed by atoms with E-state index in [9.17, 15) is 4.79 Å². The first-order chi connectivity index (χ1) is 11.2. The van der Waals surface area contributed by atoms with E-state index in [1.54, 1.807) is 18.9 Å². The van der Waals surface area contributed by atoms with Gasteiger partial charge >= 0.3 is 0 Å². The Morgan fingerprint density at radius 2 is 2.09 bits per heavy atom. The van der Waals surface area contributed by atoms with Gasteiger partial charge in [0.2, 0.25) is 5.91 Å². The summed E-state index contributed by atoms with van der Waals surface area (Å²) in [6, 6.07) is 15.8. The van der Waals surface area contributed by atoms with Crippen molar-refractivity contribution in [2.24, 2.45) is 0 Å². The van der Waals surface area contributed by atoms with Crippen LogP contribution in [0, 0.1) is 0 Å². The quantitative estimate of drug-likeness (QED) is 0.778. The molecule has 120 valence electrons. The number of hydrogen-bond acceptors (Lipinski definition) is 3. The van der Waals surface area contributed by atoms with Gasteiger partial charge in [-0.05, 0) is 23.8 Å². The molecular weight excluding hydrogens is 374 g/mol. The van der Waals surface area contributed by atoms with Gasteiger partial charge in [-0.3, -0.25) is 4.79 Å². The maximum absolute atomic E-state index is 12.7. The molecule has 0 bridgehead atoms. The molecule has 3 nitrogen and oxygen atoms in total. The van der Waals surface area contributed by atoms with E-state index in [0.717, 1.165) is 33.6 Å². The summed E-state index contributed by atoms with van der Waals surface area (Å²) >= 11 is 5.30. The molecule has 1 amide bonds. The molecule has 0 aromatic heterocycles. The average molecular weight is 392 g/mol. The van der Waals surface area contributed by atoms with Crippen molar-refractivity contribution in [2.75, 3.05) is 19.4 Å². The van der Waals surface area contributed by atoms with Crippen LogP contribution < -0.4 is 4.74 Å². The van der Waals surface area contributed by atoms with E-state index in [4.69, 9.17) is 4.74 Å². The summed E-state index contributed by atoms with van der Waals surface area (Å²) in [6.45, 7) is 0.774. The Balaban J connectivity index is 1.83. The summed E-state index contributed by atoms with van der Waals surface area (Å²) in [6.07, 6.45) is 0.439. The van der Waals surface area contributed by atoms with Crippen LogP contribution in [0.25, 0.3) is 0 Å². The van der Waals surface area contributed by atoms with Crippen molar-refractivity contribution in [3.05, 3.63) is 64.1 Å². The zero-order valence-electron chi connectivity index (χ0n) is 12.9. The molecular formula is C18H18BrNO2S. The van der Waals surface area contributed by atoms with Gasteiger partial charge in [0.25, 0.3) is 0 Å². The Bertz CT molecular complexity index is 693. The van der Waals surface area contributed by atoms with Gasteiger partial charge in [0.1, 0.15) is 11.1 Å². The molecule has 1 aliphatic heterocycles. The predicted octanol–water partition coefficient (Wildman–Crippen LogP) is 4.27. The smallest absolute Gasteiger partial charge is 0.228 e. The lowest BCUT2D eigenvalue weighted by Gasteiger charge is -2.25. The molecule has 1 heterocycles. The summed E-state index contributed by atoms with van der Waals surface area (Å²) < 4.78 is 6.48. The fourth-order valence-electron chi connectivity index (χ4n) is 2.75. The molecule has 1 atom stereocenters. The molecule has 1 aliphatic rings. The summed E-state index contributed by atoms with van der Waals surface area (Å²) in [7, 11) is 1.67. The fourth-order valence-corrected chi connectivity index (χ4v) is 4.42. The van der Waals surface area contributed by atoms with Crippen molar-refractivity contribution in [3.63, 3.8) is 0 Å². The second-order valence-electron chi connectivity index (χ2n) is 5.36. The lowest BCUT2D eigenvalue weighted by atomic mass is 10.1. The van der Waals surface area contributed by atoms with Gasteiger partial charge in [-0.1, -0.05) is 46.3 Å². The Morgan fingerprint density at radius 1 is 1.30 bits per heavy atom. The topological polar surface area (TPSA) is 29.5 Å². The highest BCUT2D eigenvalue weighted by molar-refractivity contribution is 9.10. The fraction of sp³-hybridized carbons (Fsp3) is 0.278. The molecule has 1 saturated heterocycles. The van der Waals surface area contributed by atoms with Gasteiger partial charge in [0.15, 0.2) is 0 Å². The van der Waals surface area contributed by atoms with Gasteiger partial charge in [-0.25, -0.2) is 0 Å². The van der Waals surface area contributed by atoms with Crippen LogP contribution in [0.1, 0.15) is 16.5 Å². The standard InChI is InChI=1S/C18H18BrNO2S/c1-22-16-8-7-14(19)12-15(16)18-20(9-10-23-18)17(21)11-13-5-3-2-4-6-13/h2-8,12,18H,9-11H2,1H3. The minimum Gasteiger partial charge on any atom is -0.496 e. The molecule has 3 rings (SSSR count). The van der Waals surface area contributed by atoms with Crippen LogP contribution in [0.4, 0.5) is 0 Å². The number of carbonyl (C=O) groups is 1. The number of methoxy groups -OCH3 is 1. The van der Waals surface area contributed by atoms with Gasteiger partial charge in [-0.15, -0.1) is 11.8 Å². The number of amides is 1. The molecule has 23 heavy (non-hydrogen) atoms. The van der Waals surface area contributed by atoms with Crippen LogP contribution in [-0.2, 0) is 11.2 Å². The number of ether oxygens (including phenoxy) is 1. The van der Waals surface area contributed by atoms with Crippen molar-refractivity contribution in [1.82, 2.24) is 4.90 Å². The molecule has 0 saturated carbocycles. The largest absolute Gasteiger partial charge is 0.496 e. The molecule has 0 aliphatic carbocycles. The molecule has 5 heteroatoms. The summed E-state index contributed by atoms with van der Waals surface area (Å²) in [5.74, 6) is 1.93. The van der Waals surface area contributed by atoms with Crippen LogP contribution in [0.5, 0.6) is 5.75 Å². The van der Waals surface area contributed by atoms with Crippen LogP contribution in [0.3, 0.4) is 0 Å². The van der Waals surface area contributed by atoms with E-state index in [2.05, 4.69) is 15.9 Å². The van der Waals surface area contributed by atoms with E-state index in [0.29, 0.717) is 6.42 Å². The molecule has 2 aromatic rings. The van der Waals surface area contributed by atoms with E-state index in [1.165, 1.54) is 0 Å². The zero-order chi connectivity index (χ0) is 16.2. The molecule has 2 aromatic carbocycles. The highest BCUT2D eigenvalue weighted by Gasteiger charge is 2.32. The Labute approximate surface area is 149 Å². The minimum atomic E-state index is 0.0127. The van der Waals surface area contributed by atoms with Crippen molar-refractivity contribution in [3.8, 4) is 5.75 Å². The number of hydrogen-bond donors (Lipinski definition) is 0. The predicted molar refractivity (Wildman–Crippen MR) is 97.8 cm³/mol. The number of nitrogens with zero attached hydrogens (tertiary/aromatic N) is 1. The van der Waals surface area contributed by atoms with Crippen molar-refractivity contribution in [1.29, 1.82) is 0 Å². The van der Waals surface area contributed by atoms with Crippen molar-refractivity contribution < 1.29 is 9.53 Å². The lowest BCUT2D eigenvalue weighted by molar-refractivity contribution is -0.130. The highest BCUT2D eigenvalue weighted by atomic mass is 79.9. The van der Waals surface area contributed by atoms with Crippen LogP contribution in [0.15, 0.2) is 53.0 Å². The molecule has 1 fully saturated rings. The van der Waals surface area contributed by atoms with E-state index >= 15 is 0 Å². The third kappa shape index (κ3) is 3.72. The first-order valence-corrected chi connectivity index (χ1v) is 9.31. The Hall–Kier alpha value is -1.46. The van der Waals surface area contributed by atoms with Gasteiger partial charge < -0.3 is 9.64 Å². The second-order valence-corrected chi connectivity index (χ2v) is 7.46. The number of thioether (sulfide) groups is 1. The molecule has 0 spiro atoms.